The van der Waals surface area contributed by atoms with Crippen molar-refractivity contribution in [3.05, 3.63) is 35.4 Å². The van der Waals surface area contributed by atoms with Gasteiger partial charge in [-0.15, -0.1) is 11.6 Å². The van der Waals surface area contributed by atoms with Crippen LogP contribution in [-0.4, -0.2) is 11.4 Å². The third-order valence-electron chi connectivity index (χ3n) is 2.78. The van der Waals surface area contributed by atoms with Crippen molar-refractivity contribution >= 4 is 11.6 Å². The van der Waals surface area contributed by atoms with E-state index < -0.39 is 11.6 Å². The topological polar surface area (TPSA) is 12.0 Å². The molecular weight excluding hydrogens is 232 g/mol. The average molecular weight is 248 g/mol. The van der Waals surface area contributed by atoms with Crippen molar-refractivity contribution in [3.63, 3.8) is 0 Å². The van der Waals surface area contributed by atoms with Crippen molar-refractivity contribution in [1.82, 2.24) is 5.32 Å². The highest BCUT2D eigenvalue weighted by molar-refractivity contribution is 6.18. The van der Waals surface area contributed by atoms with Crippen LogP contribution in [0.3, 0.4) is 0 Å². The Hall–Kier alpha value is -0.670. The zero-order valence-electron chi connectivity index (χ0n) is 9.49. The van der Waals surface area contributed by atoms with Crippen molar-refractivity contribution in [2.24, 2.45) is 0 Å². The molecule has 1 rings (SSSR count). The van der Waals surface area contributed by atoms with E-state index in [-0.39, 0.29) is 5.54 Å². The summed E-state index contributed by atoms with van der Waals surface area (Å²) in [5.74, 6) is -1.16. The largest absolute Gasteiger partial charge is 0.306 e. The Morgan fingerprint density at radius 2 is 2.00 bits per heavy atom. The van der Waals surface area contributed by atoms with E-state index >= 15 is 0 Å². The van der Waals surface area contributed by atoms with Crippen molar-refractivity contribution < 1.29 is 8.78 Å². The molecule has 1 unspecified atom stereocenters. The molecule has 0 saturated heterocycles. The van der Waals surface area contributed by atoms with Crippen LogP contribution in [0.1, 0.15) is 25.8 Å². The third kappa shape index (κ3) is 3.42. The quantitative estimate of drug-likeness (QED) is 0.786. The molecule has 90 valence electrons. The van der Waals surface area contributed by atoms with Gasteiger partial charge in [-0.1, -0.05) is 13.0 Å². The Bertz CT molecular complexity index is 351. The summed E-state index contributed by atoms with van der Waals surface area (Å²) in [6, 6.07) is 3.90. The first-order valence-corrected chi connectivity index (χ1v) is 5.79. The Balaban J connectivity index is 2.64. The van der Waals surface area contributed by atoms with Crippen LogP contribution in [-0.2, 0) is 6.54 Å². The van der Waals surface area contributed by atoms with Crippen molar-refractivity contribution in [1.29, 1.82) is 0 Å². The van der Waals surface area contributed by atoms with Gasteiger partial charge >= 0.3 is 0 Å². The van der Waals surface area contributed by atoms with Gasteiger partial charge in [0.15, 0.2) is 11.6 Å². The monoisotopic (exact) mass is 247 g/mol. The van der Waals surface area contributed by atoms with E-state index in [1.807, 2.05) is 13.8 Å². The van der Waals surface area contributed by atoms with E-state index in [2.05, 4.69) is 5.32 Å². The molecule has 0 fully saturated rings. The highest BCUT2D eigenvalue weighted by Gasteiger charge is 2.19. The van der Waals surface area contributed by atoms with E-state index in [9.17, 15) is 8.78 Å². The number of nitrogens with one attached hydrogen (secondary N) is 1. The van der Waals surface area contributed by atoms with Gasteiger partial charge in [0.2, 0.25) is 0 Å². The number of hydrogen-bond donors (Lipinski definition) is 1. The minimum atomic E-state index is -0.820. The highest BCUT2D eigenvalue weighted by Crippen LogP contribution is 2.14. The molecular formula is C12H16ClF2N. The zero-order valence-corrected chi connectivity index (χ0v) is 10.2. The fourth-order valence-corrected chi connectivity index (χ4v) is 1.52. The van der Waals surface area contributed by atoms with E-state index in [1.54, 1.807) is 6.07 Å². The van der Waals surface area contributed by atoms with E-state index in [0.29, 0.717) is 18.0 Å². The molecule has 1 atom stereocenters. The summed E-state index contributed by atoms with van der Waals surface area (Å²) in [6.45, 7) is 4.51. The summed E-state index contributed by atoms with van der Waals surface area (Å²) in [5, 5.41) is 3.24. The average Bonchev–Trinajstić information content (AvgIpc) is 2.30. The summed E-state index contributed by atoms with van der Waals surface area (Å²) < 4.78 is 25.6. The molecule has 1 nitrogen and oxygen atoms in total. The standard InChI is InChI=1S/C12H16ClF2N/c1-3-12(2,8-13)16-7-9-4-5-10(14)11(15)6-9/h4-6,16H,3,7-8H2,1-2H3. The second-order valence-electron chi connectivity index (χ2n) is 4.15. The fourth-order valence-electron chi connectivity index (χ4n) is 1.23. The second-order valence-corrected chi connectivity index (χ2v) is 4.42. The highest BCUT2D eigenvalue weighted by atomic mass is 35.5. The normalized spacial score (nSPS) is 14.8. The molecule has 16 heavy (non-hydrogen) atoms. The van der Waals surface area contributed by atoms with Crippen molar-refractivity contribution in [3.8, 4) is 0 Å². The first-order valence-electron chi connectivity index (χ1n) is 5.25. The van der Waals surface area contributed by atoms with Crippen LogP contribution >= 0.6 is 11.6 Å². The van der Waals surface area contributed by atoms with E-state index in [1.165, 1.54) is 6.07 Å². The van der Waals surface area contributed by atoms with Gasteiger partial charge in [0.1, 0.15) is 0 Å². The maximum Gasteiger partial charge on any atom is 0.159 e. The Morgan fingerprint density at radius 1 is 1.31 bits per heavy atom. The lowest BCUT2D eigenvalue weighted by molar-refractivity contribution is 0.379. The lowest BCUT2D eigenvalue weighted by Crippen LogP contribution is -2.42. The number of alkyl halides is 1. The minimum absolute atomic E-state index is 0.174. The van der Waals surface area contributed by atoms with Crippen LogP contribution < -0.4 is 5.32 Å². The predicted molar refractivity (Wildman–Crippen MR) is 62.6 cm³/mol. The summed E-state index contributed by atoms with van der Waals surface area (Å²) in [4.78, 5) is 0. The molecule has 1 N–H and O–H groups in total. The van der Waals surface area contributed by atoms with Gasteiger partial charge in [-0.05, 0) is 31.0 Å². The van der Waals surface area contributed by atoms with Crippen LogP contribution in [0.25, 0.3) is 0 Å². The van der Waals surface area contributed by atoms with Crippen molar-refractivity contribution in [2.75, 3.05) is 5.88 Å². The van der Waals surface area contributed by atoms with Gasteiger partial charge in [-0.3, -0.25) is 0 Å². The molecule has 0 aromatic heterocycles. The molecule has 0 aliphatic rings. The molecule has 0 aliphatic heterocycles. The summed E-state index contributed by atoms with van der Waals surface area (Å²) in [5.41, 5.74) is 0.538. The van der Waals surface area contributed by atoms with Gasteiger partial charge in [0.25, 0.3) is 0 Å². The number of benzene rings is 1. The van der Waals surface area contributed by atoms with Crippen LogP contribution in [0.5, 0.6) is 0 Å². The SMILES string of the molecule is CCC(C)(CCl)NCc1ccc(F)c(F)c1. The Labute approximate surface area is 99.8 Å². The maximum atomic E-state index is 12.9. The summed E-state index contributed by atoms with van der Waals surface area (Å²) in [7, 11) is 0. The van der Waals surface area contributed by atoms with Gasteiger partial charge in [-0.25, -0.2) is 8.78 Å². The maximum absolute atomic E-state index is 12.9. The molecule has 1 aromatic carbocycles. The van der Waals surface area contributed by atoms with Crippen LogP contribution in [0, 0.1) is 11.6 Å². The van der Waals surface area contributed by atoms with E-state index in [0.717, 1.165) is 12.5 Å². The molecule has 0 saturated carbocycles. The summed E-state index contributed by atoms with van der Waals surface area (Å²) >= 11 is 5.84. The minimum Gasteiger partial charge on any atom is -0.306 e. The Kier molecular flexibility index (Phi) is 4.69. The Morgan fingerprint density at radius 3 is 2.50 bits per heavy atom. The molecule has 0 bridgehead atoms. The lowest BCUT2D eigenvalue weighted by atomic mass is 10.0. The number of halogens is 3. The van der Waals surface area contributed by atoms with Gasteiger partial charge in [0, 0.05) is 18.0 Å². The smallest absolute Gasteiger partial charge is 0.159 e. The molecule has 0 radical (unpaired) electrons. The third-order valence-corrected chi connectivity index (χ3v) is 3.37. The molecule has 0 amide bonds. The van der Waals surface area contributed by atoms with Crippen LogP contribution in [0.2, 0.25) is 0 Å². The van der Waals surface area contributed by atoms with Crippen LogP contribution in [0.15, 0.2) is 18.2 Å². The lowest BCUT2D eigenvalue weighted by Gasteiger charge is -2.27. The van der Waals surface area contributed by atoms with Gasteiger partial charge < -0.3 is 5.32 Å². The number of hydrogen-bond acceptors (Lipinski definition) is 1. The van der Waals surface area contributed by atoms with Crippen molar-refractivity contribution in [2.45, 2.75) is 32.4 Å². The second kappa shape index (κ2) is 5.60. The predicted octanol–water partition coefficient (Wildman–Crippen LogP) is 3.46. The molecule has 0 aliphatic carbocycles. The van der Waals surface area contributed by atoms with Gasteiger partial charge in [0.05, 0.1) is 0 Å². The summed E-state index contributed by atoms with van der Waals surface area (Å²) in [6.07, 6.45) is 0.875. The zero-order chi connectivity index (χ0) is 12.2. The van der Waals surface area contributed by atoms with Gasteiger partial charge in [-0.2, -0.15) is 0 Å². The molecule has 0 heterocycles. The van der Waals surface area contributed by atoms with E-state index in [4.69, 9.17) is 11.6 Å². The molecule has 1 aromatic rings. The number of rotatable bonds is 5. The first kappa shape index (κ1) is 13.4. The van der Waals surface area contributed by atoms with Crippen LogP contribution in [0.4, 0.5) is 8.78 Å². The molecule has 0 spiro atoms. The molecule has 4 heteroatoms. The fraction of sp³-hybridized carbons (Fsp3) is 0.500. The first-order chi connectivity index (χ1) is 7.50.